The first-order valence-electron chi connectivity index (χ1n) is 6.09. The van der Waals surface area contributed by atoms with Crippen molar-refractivity contribution in [3.8, 4) is 11.8 Å². The number of hydrogen-bond acceptors (Lipinski definition) is 3. The molecule has 3 nitrogen and oxygen atoms in total. The first kappa shape index (κ1) is 13.1. The zero-order valence-corrected chi connectivity index (χ0v) is 11.0. The number of hydrogen-bond donors (Lipinski definition) is 0. The van der Waals surface area contributed by atoms with Crippen LogP contribution in [0.15, 0.2) is 47.8 Å². The van der Waals surface area contributed by atoms with Crippen LogP contribution in [0.5, 0.6) is 0 Å². The summed E-state index contributed by atoms with van der Waals surface area (Å²) >= 11 is 0. The van der Waals surface area contributed by atoms with E-state index in [9.17, 15) is 4.79 Å². The molecule has 1 unspecified atom stereocenters. The molecular weight excluding hydrogens is 238 g/mol. The molecule has 1 atom stereocenters. The molecule has 0 radical (unpaired) electrons. The van der Waals surface area contributed by atoms with Gasteiger partial charge < -0.3 is 4.74 Å². The number of rotatable bonds is 1. The van der Waals surface area contributed by atoms with Crippen molar-refractivity contribution >= 4 is 5.97 Å². The van der Waals surface area contributed by atoms with Crippen molar-refractivity contribution in [2.75, 3.05) is 7.11 Å². The maximum Gasteiger partial charge on any atom is 0.312 e. The lowest BCUT2D eigenvalue weighted by atomic mass is 9.91. The van der Waals surface area contributed by atoms with Crippen LogP contribution >= 0.6 is 0 Å². The number of nitrogens with zero attached hydrogens (tertiary/aromatic N) is 1. The molecule has 1 aliphatic carbocycles. The molecule has 0 fully saturated rings. The molecule has 1 aliphatic rings. The Labute approximate surface area is 113 Å². The highest BCUT2D eigenvalue weighted by atomic mass is 16.5. The lowest BCUT2D eigenvalue weighted by Crippen LogP contribution is -2.16. The summed E-state index contributed by atoms with van der Waals surface area (Å²) in [5, 5.41) is 0. The van der Waals surface area contributed by atoms with Gasteiger partial charge >= 0.3 is 5.97 Å². The van der Waals surface area contributed by atoms with Gasteiger partial charge in [0, 0.05) is 23.5 Å². The van der Waals surface area contributed by atoms with E-state index in [0.717, 1.165) is 16.7 Å². The van der Waals surface area contributed by atoms with Gasteiger partial charge in [-0.3, -0.25) is 9.78 Å². The smallest absolute Gasteiger partial charge is 0.312 e. The van der Waals surface area contributed by atoms with Crippen LogP contribution in [-0.4, -0.2) is 18.1 Å². The van der Waals surface area contributed by atoms with Crippen molar-refractivity contribution in [2.24, 2.45) is 5.92 Å². The van der Waals surface area contributed by atoms with Crippen molar-refractivity contribution < 1.29 is 9.53 Å². The van der Waals surface area contributed by atoms with E-state index in [1.165, 1.54) is 7.11 Å². The van der Waals surface area contributed by atoms with Gasteiger partial charge in [-0.2, -0.15) is 0 Å². The Morgan fingerprint density at radius 2 is 2.32 bits per heavy atom. The van der Waals surface area contributed by atoms with Crippen LogP contribution in [0.3, 0.4) is 0 Å². The second-order valence-corrected chi connectivity index (χ2v) is 4.32. The number of ether oxygens (including phenoxy) is 1. The number of carbonyl (C=O) groups excluding carboxylic acids is 1. The summed E-state index contributed by atoms with van der Waals surface area (Å²) in [5.41, 5.74) is 2.83. The van der Waals surface area contributed by atoms with Gasteiger partial charge in [0.2, 0.25) is 0 Å². The van der Waals surface area contributed by atoms with Gasteiger partial charge in [0.15, 0.2) is 0 Å². The largest absolute Gasteiger partial charge is 0.469 e. The Morgan fingerprint density at radius 1 is 1.47 bits per heavy atom. The molecule has 0 bridgehead atoms. The van der Waals surface area contributed by atoms with E-state index in [1.54, 1.807) is 12.4 Å². The minimum atomic E-state index is -0.230. The molecule has 19 heavy (non-hydrogen) atoms. The van der Waals surface area contributed by atoms with Gasteiger partial charge in [0.1, 0.15) is 0 Å². The van der Waals surface area contributed by atoms with Gasteiger partial charge in [-0.15, -0.1) is 0 Å². The summed E-state index contributed by atoms with van der Waals surface area (Å²) in [4.78, 5) is 15.6. The quantitative estimate of drug-likeness (QED) is 0.570. The fourth-order valence-corrected chi connectivity index (χ4v) is 1.85. The Hall–Kier alpha value is -2.34. The Bertz CT molecular complexity index is 588. The van der Waals surface area contributed by atoms with E-state index in [2.05, 4.69) is 16.8 Å². The van der Waals surface area contributed by atoms with E-state index in [0.29, 0.717) is 6.42 Å². The van der Waals surface area contributed by atoms with Crippen molar-refractivity contribution in [1.29, 1.82) is 0 Å². The average Bonchev–Trinajstić information content (AvgIpc) is 2.46. The minimum Gasteiger partial charge on any atom is -0.469 e. The number of allylic oxidation sites excluding steroid dienone is 3. The number of carbonyl (C=O) groups is 1. The second kappa shape index (κ2) is 6.01. The molecule has 0 amide bonds. The lowest BCUT2D eigenvalue weighted by Gasteiger charge is -2.15. The molecule has 1 aromatic rings. The molecule has 0 aliphatic heterocycles. The predicted octanol–water partition coefficient (Wildman–Crippen LogP) is 2.50. The Morgan fingerprint density at radius 3 is 3.00 bits per heavy atom. The fourth-order valence-electron chi connectivity index (χ4n) is 1.85. The number of pyridine rings is 1. The van der Waals surface area contributed by atoms with Crippen molar-refractivity contribution in [3.05, 3.63) is 53.4 Å². The monoisotopic (exact) mass is 253 g/mol. The summed E-state index contributed by atoms with van der Waals surface area (Å²) in [6.45, 7) is 2.00. The standard InChI is InChI=1S/C16H15NO2/c1-12-5-7-15(16(18)19-2)10-14(12)8-6-13-4-3-9-17-11-13/h3-5,9-11,15H,7H2,1-2H3. The molecule has 2 rings (SSSR count). The van der Waals surface area contributed by atoms with E-state index in [1.807, 2.05) is 31.2 Å². The molecule has 96 valence electrons. The number of aromatic nitrogens is 1. The van der Waals surface area contributed by atoms with Gasteiger partial charge in [-0.05, 0) is 31.1 Å². The second-order valence-electron chi connectivity index (χ2n) is 4.32. The third-order valence-electron chi connectivity index (χ3n) is 2.98. The van der Waals surface area contributed by atoms with Crippen LogP contribution in [0.4, 0.5) is 0 Å². The SMILES string of the molecule is COC(=O)C1C=C(C#Cc2cccnc2)C(C)=CC1. The normalized spacial score (nSPS) is 17.7. The van der Waals surface area contributed by atoms with Crippen LogP contribution in [0.2, 0.25) is 0 Å². The first-order valence-corrected chi connectivity index (χ1v) is 6.09. The predicted molar refractivity (Wildman–Crippen MR) is 73.1 cm³/mol. The lowest BCUT2D eigenvalue weighted by molar-refractivity contribution is -0.143. The highest BCUT2D eigenvalue weighted by Gasteiger charge is 2.19. The molecule has 1 aromatic heterocycles. The van der Waals surface area contributed by atoms with Crippen LogP contribution in [0.25, 0.3) is 0 Å². The molecule has 0 aromatic carbocycles. The molecule has 0 saturated carbocycles. The van der Waals surface area contributed by atoms with Gasteiger partial charge in [0.05, 0.1) is 13.0 Å². The molecular formula is C16H15NO2. The van der Waals surface area contributed by atoms with Gasteiger partial charge in [0.25, 0.3) is 0 Å². The summed E-state index contributed by atoms with van der Waals surface area (Å²) in [6.07, 6.45) is 8.01. The topological polar surface area (TPSA) is 39.2 Å². The van der Waals surface area contributed by atoms with Crippen molar-refractivity contribution in [2.45, 2.75) is 13.3 Å². The maximum absolute atomic E-state index is 11.5. The summed E-state index contributed by atoms with van der Waals surface area (Å²) in [7, 11) is 1.41. The number of esters is 1. The Balaban J connectivity index is 2.23. The van der Waals surface area contributed by atoms with Crippen molar-refractivity contribution in [1.82, 2.24) is 4.98 Å². The highest BCUT2D eigenvalue weighted by molar-refractivity contribution is 5.76. The molecule has 1 heterocycles. The molecule has 3 heteroatoms. The average molecular weight is 253 g/mol. The van der Waals surface area contributed by atoms with Crippen LogP contribution < -0.4 is 0 Å². The van der Waals surface area contributed by atoms with Gasteiger partial charge in [-0.25, -0.2) is 0 Å². The van der Waals surface area contributed by atoms with E-state index >= 15 is 0 Å². The van der Waals surface area contributed by atoms with Gasteiger partial charge in [-0.1, -0.05) is 24.0 Å². The van der Waals surface area contributed by atoms with Crippen molar-refractivity contribution in [3.63, 3.8) is 0 Å². The van der Waals surface area contributed by atoms with E-state index in [4.69, 9.17) is 4.74 Å². The minimum absolute atomic E-state index is 0.218. The van der Waals surface area contributed by atoms with E-state index in [-0.39, 0.29) is 11.9 Å². The molecule has 0 spiro atoms. The summed E-state index contributed by atoms with van der Waals surface area (Å²) < 4.78 is 4.77. The zero-order chi connectivity index (χ0) is 13.7. The van der Waals surface area contributed by atoms with Crippen LogP contribution in [0.1, 0.15) is 18.9 Å². The van der Waals surface area contributed by atoms with Crippen LogP contribution in [-0.2, 0) is 9.53 Å². The molecule has 0 saturated heterocycles. The van der Waals surface area contributed by atoms with Crippen LogP contribution in [0, 0.1) is 17.8 Å². The third kappa shape index (κ3) is 3.32. The third-order valence-corrected chi connectivity index (χ3v) is 2.98. The fraction of sp³-hybridized carbons (Fsp3) is 0.250. The summed E-state index contributed by atoms with van der Waals surface area (Å²) in [6, 6.07) is 3.75. The summed E-state index contributed by atoms with van der Waals surface area (Å²) in [5.74, 6) is 5.69. The van der Waals surface area contributed by atoms with E-state index < -0.39 is 0 Å². The zero-order valence-electron chi connectivity index (χ0n) is 11.0. The first-order chi connectivity index (χ1) is 9.20. The maximum atomic E-state index is 11.5. The highest BCUT2D eigenvalue weighted by Crippen LogP contribution is 2.23. The molecule has 0 N–H and O–H groups in total. The number of methoxy groups -OCH3 is 1. The Kier molecular flexibility index (Phi) is 4.15.